The number of rotatable bonds is 4. The maximum absolute atomic E-state index is 12.2. The number of piperidine rings is 1. The standard InChI is InChI=1S/C15H19N5O2.ClH/c21-14(17-11-4-3-8-16-10-11)7-9-20-15(22)12-5-1-2-6-13(12)18-19-20;/h1-2,5-6,11,16H,3-4,7-10H2,(H,17,21);1H/t11-;/m0./s1. The van der Waals surface area contributed by atoms with Crippen LogP contribution >= 0.6 is 12.4 Å². The Bertz CT molecular complexity index is 727. The van der Waals surface area contributed by atoms with Gasteiger partial charge in [0.05, 0.1) is 11.9 Å². The summed E-state index contributed by atoms with van der Waals surface area (Å²) in [6.45, 7) is 2.05. The van der Waals surface area contributed by atoms with Crippen molar-refractivity contribution in [3.05, 3.63) is 34.6 Å². The van der Waals surface area contributed by atoms with Crippen molar-refractivity contribution >= 4 is 29.2 Å². The normalized spacial score (nSPS) is 17.5. The van der Waals surface area contributed by atoms with Gasteiger partial charge in [-0.3, -0.25) is 9.59 Å². The van der Waals surface area contributed by atoms with Gasteiger partial charge in [-0.05, 0) is 31.5 Å². The summed E-state index contributed by atoms with van der Waals surface area (Å²) in [6, 6.07) is 7.25. The minimum Gasteiger partial charge on any atom is -0.352 e. The zero-order chi connectivity index (χ0) is 15.4. The van der Waals surface area contributed by atoms with E-state index >= 15 is 0 Å². The van der Waals surface area contributed by atoms with Gasteiger partial charge in [0.15, 0.2) is 0 Å². The van der Waals surface area contributed by atoms with Crippen LogP contribution in [0.2, 0.25) is 0 Å². The lowest BCUT2D eigenvalue weighted by Gasteiger charge is -2.23. The van der Waals surface area contributed by atoms with Crippen molar-refractivity contribution in [2.45, 2.75) is 31.8 Å². The molecule has 1 fully saturated rings. The van der Waals surface area contributed by atoms with Crippen LogP contribution in [0.1, 0.15) is 19.3 Å². The van der Waals surface area contributed by atoms with Gasteiger partial charge in [0.1, 0.15) is 5.52 Å². The van der Waals surface area contributed by atoms with Gasteiger partial charge in [0, 0.05) is 19.0 Å². The number of carbonyl (C=O) groups excluding carboxylic acids is 1. The highest BCUT2D eigenvalue weighted by Crippen LogP contribution is 2.04. The van der Waals surface area contributed by atoms with Crippen molar-refractivity contribution < 1.29 is 4.79 Å². The summed E-state index contributed by atoms with van der Waals surface area (Å²) in [5.74, 6) is -0.0597. The van der Waals surface area contributed by atoms with Crippen LogP contribution in [-0.2, 0) is 11.3 Å². The number of amides is 1. The zero-order valence-electron chi connectivity index (χ0n) is 12.7. The van der Waals surface area contributed by atoms with Gasteiger partial charge in [0.25, 0.3) is 5.56 Å². The second-order valence-electron chi connectivity index (χ2n) is 5.50. The van der Waals surface area contributed by atoms with E-state index < -0.39 is 0 Å². The van der Waals surface area contributed by atoms with Crippen molar-refractivity contribution in [3.63, 3.8) is 0 Å². The lowest BCUT2D eigenvalue weighted by atomic mass is 10.1. The Morgan fingerprint density at radius 1 is 1.39 bits per heavy atom. The molecule has 1 amide bonds. The van der Waals surface area contributed by atoms with E-state index in [1.54, 1.807) is 18.2 Å². The van der Waals surface area contributed by atoms with E-state index in [1.165, 1.54) is 4.68 Å². The molecule has 0 bridgehead atoms. The molecule has 124 valence electrons. The molecule has 0 radical (unpaired) electrons. The Morgan fingerprint density at radius 2 is 2.22 bits per heavy atom. The highest BCUT2D eigenvalue weighted by molar-refractivity contribution is 5.85. The predicted molar refractivity (Wildman–Crippen MR) is 89.7 cm³/mol. The number of benzene rings is 1. The molecule has 2 N–H and O–H groups in total. The van der Waals surface area contributed by atoms with Gasteiger partial charge in [-0.15, -0.1) is 17.5 Å². The molecule has 2 heterocycles. The quantitative estimate of drug-likeness (QED) is 0.846. The number of hydrogen-bond acceptors (Lipinski definition) is 5. The molecule has 2 aromatic rings. The Balaban J connectivity index is 0.00000192. The first kappa shape index (κ1) is 17.4. The average molecular weight is 338 g/mol. The van der Waals surface area contributed by atoms with Crippen LogP contribution in [0.15, 0.2) is 29.1 Å². The second-order valence-corrected chi connectivity index (χ2v) is 5.50. The van der Waals surface area contributed by atoms with Crippen molar-refractivity contribution in [2.75, 3.05) is 13.1 Å². The molecule has 23 heavy (non-hydrogen) atoms. The fraction of sp³-hybridized carbons (Fsp3) is 0.467. The lowest BCUT2D eigenvalue weighted by Crippen LogP contribution is -2.45. The zero-order valence-corrected chi connectivity index (χ0v) is 13.5. The molecule has 0 saturated carbocycles. The maximum Gasteiger partial charge on any atom is 0.277 e. The van der Waals surface area contributed by atoms with Gasteiger partial charge in [-0.2, -0.15) is 0 Å². The summed E-state index contributed by atoms with van der Waals surface area (Å²) >= 11 is 0. The molecule has 0 spiro atoms. The second kappa shape index (κ2) is 8.03. The number of fused-ring (bicyclic) bond motifs is 1. The summed E-state index contributed by atoms with van der Waals surface area (Å²) in [4.78, 5) is 24.2. The molecule has 1 aliphatic rings. The fourth-order valence-corrected chi connectivity index (χ4v) is 2.65. The lowest BCUT2D eigenvalue weighted by molar-refractivity contribution is -0.122. The number of aromatic nitrogens is 3. The minimum atomic E-state index is -0.210. The summed E-state index contributed by atoms with van der Waals surface area (Å²) in [5, 5.41) is 14.6. The number of nitrogens with zero attached hydrogens (tertiary/aromatic N) is 3. The molecule has 0 unspecified atom stereocenters. The Kier molecular flexibility index (Phi) is 6.06. The summed E-state index contributed by atoms with van der Waals surface area (Å²) < 4.78 is 1.25. The molecule has 7 nitrogen and oxygen atoms in total. The van der Waals surface area contributed by atoms with Crippen molar-refractivity contribution in [2.24, 2.45) is 0 Å². The van der Waals surface area contributed by atoms with Crippen LogP contribution in [0, 0.1) is 0 Å². The molecule has 1 aromatic heterocycles. The van der Waals surface area contributed by atoms with E-state index in [0.29, 0.717) is 10.9 Å². The number of halogens is 1. The third-order valence-electron chi connectivity index (χ3n) is 3.84. The van der Waals surface area contributed by atoms with Crippen molar-refractivity contribution in [1.82, 2.24) is 25.6 Å². The van der Waals surface area contributed by atoms with Gasteiger partial charge in [-0.25, -0.2) is 4.68 Å². The monoisotopic (exact) mass is 337 g/mol. The molecule has 1 atom stereocenters. The number of aryl methyl sites for hydroxylation is 1. The molecule has 0 aliphatic carbocycles. The number of carbonyl (C=O) groups is 1. The minimum absolute atomic E-state index is 0. The molecule has 1 aromatic carbocycles. The van der Waals surface area contributed by atoms with Gasteiger partial charge >= 0.3 is 0 Å². The molecular weight excluding hydrogens is 318 g/mol. The average Bonchev–Trinajstić information content (AvgIpc) is 2.55. The Morgan fingerprint density at radius 3 is 3.00 bits per heavy atom. The van der Waals surface area contributed by atoms with Crippen molar-refractivity contribution in [1.29, 1.82) is 0 Å². The van der Waals surface area contributed by atoms with E-state index in [1.807, 2.05) is 6.07 Å². The molecular formula is C15H20ClN5O2. The maximum atomic E-state index is 12.2. The van der Waals surface area contributed by atoms with Crippen LogP contribution in [0.25, 0.3) is 10.9 Å². The Hall–Kier alpha value is -1.99. The highest BCUT2D eigenvalue weighted by Gasteiger charge is 2.15. The SMILES string of the molecule is Cl.O=C(CCn1nnc2ccccc2c1=O)N[C@H]1CCCNC1. The van der Waals surface area contributed by atoms with Gasteiger partial charge < -0.3 is 10.6 Å². The van der Waals surface area contributed by atoms with Crippen LogP contribution in [-0.4, -0.2) is 40.0 Å². The van der Waals surface area contributed by atoms with Crippen LogP contribution in [0.4, 0.5) is 0 Å². The first-order valence-corrected chi connectivity index (χ1v) is 7.56. The summed E-state index contributed by atoms with van der Waals surface area (Å²) in [6.07, 6.45) is 2.29. The van der Waals surface area contributed by atoms with E-state index in [9.17, 15) is 9.59 Å². The number of hydrogen-bond donors (Lipinski definition) is 2. The van der Waals surface area contributed by atoms with Crippen molar-refractivity contribution in [3.8, 4) is 0 Å². The van der Waals surface area contributed by atoms with E-state index in [0.717, 1.165) is 25.9 Å². The van der Waals surface area contributed by atoms with E-state index in [4.69, 9.17) is 0 Å². The highest BCUT2D eigenvalue weighted by atomic mass is 35.5. The van der Waals surface area contributed by atoms with Gasteiger partial charge in [0.2, 0.25) is 5.91 Å². The molecule has 1 aliphatic heterocycles. The predicted octanol–water partition coefficient (Wildman–Crippen LogP) is 0.472. The molecule has 8 heteroatoms. The Labute approximate surface area is 139 Å². The first-order chi connectivity index (χ1) is 10.7. The topological polar surface area (TPSA) is 88.9 Å². The third-order valence-corrected chi connectivity index (χ3v) is 3.84. The third kappa shape index (κ3) is 4.27. The molecule has 1 saturated heterocycles. The fourth-order valence-electron chi connectivity index (χ4n) is 2.65. The largest absolute Gasteiger partial charge is 0.352 e. The van der Waals surface area contributed by atoms with Crippen LogP contribution < -0.4 is 16.2 Å². The number of nitrogens with one attached hydrogen (secondary N) is 2. The van der Waals surface area contributed by atoms with Crippen LogP contribution in [0.5, 0.6) is 0 Å². The first-order valence-electron chi connectivity index (χ1n) is 7.56. The summed E-state index contributed by atoms with van der Waals surface area (Å²) in [5.41, 5.74) is 0.360. The summed E-state index contributed by atoms with van der Waals surface area (Å²) in [7, 11) is 0. The smallest absolute Gasteiger partial charge is 0.277 e. The van der Waals surface area contributed by atoms with E-state index in [-0.39, 0.29) is 42.9 Å². The van der Waals surface area contributed by atoms with E-state index in [2.05, 4.69) is 20.9 Å². The molecule has 3 rings (SSSR count). The van der Waals surface area contributed by atoms with Gasteiger partial charge in [-0.1, -0.05) is 17.3 Å². The van der Waals surface area contributed by atoms with Crippen LogP contribution in [0.3, 0.4) is 0 Å².